The Kier molecular flexibility index (Phi) is 3.83. The van der Waals surface area contributed by atoms with Crippen LogP contribution < -0.4 is 10.5 Å². The maximum Gasteiger partial charge on any atom is 0.208 e. The summed E-state index contributed by atoms with van der Waals surface area (Å²) >= 11 is 0. The molecule has 0 amide bonds. The van der Waals surface area contributed by atoms with E-state index in [1.54, 1.807) is 0 Å². The van der Waals surface area contributed by atoms with Crippen LogP contribution in [0.15, 0.2) is 5.16 Å². The van der Waals surface area contributed by atoms with Crippen molar-refractivity contribution in [3.63, 3.8) is 0 Å². The van der Waals surface area contributed by atoms with Crippen LogP contribution in [0, 0.1) is 0 Å². The Morgan fingerprint density at radius 2 is 2.27 bits per heavy atom. The predicted octanol–water partition coefficient (Wildman–Crippen LogP) is -1.33. The molecule has 0 spiro atoms. The van der Waals surface area contributed by atoms with Gasteiger partial charge in [0.25, 0.3) is 0 Å². The minimum atomic E-state index is -3.17. The van der Waals surface area contributed by atoms with Gasteiger partial charge in [-0.05, 0) is 0 Å². The topological polar surface area (TPSA) is 105 Å². The Bertz CT molecular complexity index is 233. The number of rotatable bonds is 4. The van der Waals surface area contributed by atoms with Crippen LogP contribution in [-0.2, 0) is 10.0 Å². The van der Waals surface area contributed by atoms with Crippen LogP contribution in [0.25, 0.3) is 0 Å². The smallest absolute Gasteiger partial charge is 0.208 e. The van der Waals surface area contributed by atoms with Gasteiger partial charge < -0.3 is 10.9 Å². The summed E-state index contributed by atoms with van der Waals surface area (Å²) in [5, 5.41) is 10.7. The van der Waals surface area contributed by atoms with Gasteiger partial charge in [-0.2, -0.15) is 0 Å². The van der Waals surface area contributed by atoms with E-state index < -0.39 is 10.0 Å². The quantitative estimate of drug-likeness (QED) is 0.216. The highest BCUT2D eigenvalue weighted by Gasteiger charge is 1.99. The van der Waals surface area contributed by atoms with Crippen molar-refractivity contribution in [2.75, 3.05) is 12.8 Å². The molecule has 0 saturated heterocycles. The zero-order valence-electron chi connectivity index (χ0n) is 6.11. The third-order valence-corrected chi connectivity index (χ3v) is 1.60. The monoisotopic (exact) mass is 181 g/mol. The molecular weight excluding hydrogens is 170 g/mol. The molecule has 0 radical (unpaired) electrons. The molecule has 0 unspecified atom stereocenters. The molecular formula is C4H11N3O3S. The molecule has 0 aliphatic carbocycles. The Balaban J connectivity index is 3.60. The first-order valence-electron chi connectivity index (χ1n) is 2.87. The maximum absolute atomic E-state index is 10.4. The van der Waals surface area contributed by atoms with Crippen LogP contribution in [-0.4, -0.2) is 32.3 Å². The van der Waals surface area contributed by atoms with Crippen molar-refractivity contribution in [2.24, 2.45) is 10.9 Å². The number of hydrogen-bond donors (Lipinski definition) is 3. The summed E-state index contributed by atoms with van der Waals surface area (Å²) in [6.07, 6.45) is 1.24. The number of nitrogens with zero attached hydrogens (tertiary/aromatic N) is 1. The zero-order chi connectivity index (χ0) is 8.91. The molecule has 0 heterocycles. The summed E-state index contributed by atoms with van der Waals surface area (Å²) in [6.45, 7) is 0.148. The molecule has 4 N–H and O–H groups in total. The second kappa shape index (κ2) is 4.14. The van der Waals surface area contributed by atoms with Crippen molar-refractivity contribution in [3.05, 3.63) is 0 Å². The molecule has 11 heavy (non-hydrogen) atoms. The third-order valence-electron chi connectivity index (χ3n) is 0.874. The van der Waals surface area contributed by atoms with Crippen molar-refractivity contribution < 1.29 is 13.6 Å². The number of nitrogens with two attached hydrogens (primary N) is 1. The summed E-state index contributed by atoms with van der Waals surface area (Å²) in [5.41, 5.74) is 5.07. The largest absolute Gasteiger partial charge is 0.409 e. The normalized spacial score (nSPS) is 13.4. The molecule has 0 aromatic rings. The minimum absolute atomic E-state index is 0.00106. The third kappa shape index (κ3) is 7.07. The first kappa shape index (κ1) is 10.2. The number of amidine groups is 1. The molecule has 0 saturated carbocycles. The fourth-order valence-electron chi connectivity index (χ4n) is 0.414. The van der Waals surface area contributed by atoms with E-state index in [4.69, 9.17) is 10.9 Å². The summed E-state index contributed by atoms with van der Waals surface area (Å²) in [4.78, 5) is 0. The van der Waals surface area contributed by atoms with Crippen molar-refractivity contribution >= 4 is 15.9 Å². The molecule has 0 aliphatic heterocycles. The van der Waals surface area contributed by atoms with E-state index in [0.29, 0.717) is 0 Å². The summed E-state index contributed by atoms with van der Waals surface area (Å²) in [6, 6.07) is 0. The van der Waals surface area contributed by atoms with Gasteiger partial charge in [0.15, 0.2) is 0 Å². The van der Waals surface area contributed by atoms with Crippen LogP contribution in [0.2, 0.25) is 0 Å². The predicted molar refractivity (Wildman–Crippen MR) is 40.9 cm³/mol. The first-order valence-corrected chi connectivity index (χ1v) is 4.76. The molecule has 0 aromatic carbocycles. The molecule has 6 nitrogen and oxygen atoms in total. The second-order valence-corrected chi connectivity index (χ2v) is 3.84. The SMILES string of the molecule is CS(=O)(=O)NCC/C(N)=N/O. The Morgan fingerprint density at radius 3 is 2.64 bits per heavy atom. The summed E-state index contributed by atoms with van der Waals surface area (Å²) < 4.78 is 23.1. The van der Waals surface area contributed by atoms with Gasteiger partial charge in [-0.1, -0.05) is 5.16 Å². The number of oxime groups is 1. The van der Waals surface area contributed by atoms with Crippen LogP contribution in [0.3, 0.4) is 0 Å². The van der Waals surface area contributed by atoms with E-state index in [-0.39, 0.29) is 18.8 Å². The van der Waals surface area contributed by atoms with Gasteiger partial charge in [0.05, 0.1) is 6.26 Å². The lowest BCUT2D eigenvalue weighted by Gasteiger charge is -1.99. The number of sulfonamides is 1. The van der Waals surface area contributed by atoms with E-state index in [1.165, 1.54) is 0 Å². The first-order chi connectivity index (χ1) is 4.95. The van der Waals surface area contributed by atoms with E-state index in [0.717, 1.165) is 6.26 Å². The lowest BCUT2D eigenvalue weighted by molar-refractivity contribution is 0.317. The maximum atomic E-state index is 10.4. The molecule has 0 bridgehead atoms. The standard InChI is InChI=1S/C4H11N3O3S/c1-11(9,10)6-3-2-4(5)7-8/h6,8H,2-3H2,1H3,(H2,5,7). The van der Waals surface area contributed by atoms with Crippen LogP contribution in [0.4, 0.5) is 0 Å². The van der Waals surface area contributed by atoms with Crippen molar-refractivity contribution in [2.45, 2.75) is 6.42 Å². The van der Waals surface area contributed by atoms with Crippen LogP contribution in [0.5, 0.6) is 0 Å². The fraction of sp³-hybridized carbons (Fsp3) is 0.750. The van der Waals surface area contributed by atoms with E-state index in [1.807, 2.05) is 0 Å². The highest BCUT2D eigenvalue weighted by Crippen LogP contribution is 1.79. The minimum Gasteiger partial charge on any atom is -0.409 e. The van der Waals surface area contributed by atoms with E-state index >= 15 is 0 Å². The van der Waals surface area contributed by atoms with Crippen LogP contribution >= 0.6 is 0 Å². The number of hydrogen-bond acceptors (Lipinski definition) is 4. The number of nitrogens with one attached hydrogen (secondary N) is 1. The Hall–Kier alpha value is -0.820. The zero-order valence-corrected chi connectivity index (χ0v) is 6.93. The van der Waals surface area contributed by atoms with Gasteiger partial charge >= 0.3 is 0 Å². The van der Waals surface area contributed by atoms with E-state index in [2.05, 4.69) is 9.88 Å². The molecule has 0 rings (SSSR count). The Labute approximate surface area is 65.1 Å². The lowest BCUT2D eigenvalue weighted by atomic mass is 10.4. The molecule has 0 aliphatic rings. The van der Waals surface area contributed by atoms with E-state index in [9.17, 15) is 8.42 Å². The van der Waals surface area contributed by atoms with Crippen molar-refractivity contribution in [1.29, 1.82) is 0 Å². The molecule has 0 fully saturated rings. The van der Waals surface area contributed by atoms with Crippen molar-refractivity contribution in [1.82, 2.24) is 4.72 Å². The highest BCUT2D eigenvalue weighted by molar-refractivity contribution is 7.88. The highest BCUT2D eigenvalue weighted by atomic mass is 32.2. The average molecular weight is 181 g/mol. The van der Waals surface area contributed by atoms with Gasteiger partial charge in [0.2, 0.25) is 10.0 Å². The lowest BCUT2D eigenvalue weighted by Crippen LogP contribution is -2.26. The second-order valence-electron chi connectivity index (χ2n) is 2.01. The van der Waals surface area contributed by atoms with Gasteiger partial charge in [0, 0.05) is 13.0 Å². The molecule has 7 heteroatoms. The van der Waals surface area contributed by atoms with Crippen LogP contribution in [0.1, 0.15) is 6.42 Å². The van der Waals surface area contributed by atoms with Crippen molar-refractivity contribution in [3.8, 4) is 0 Å². The summed E-state index contributed by atoms with van der Waals surface area (Å²) in [5.74, 6) is 0.00106. The fourth-order valence-corrected chi connectivity index (χ4v) is 0.887. The summed E-state index contributed by atoms with van der Waals surface area (Å²) in [7, 11) is -3.17. The Morgan fingerprint density at radius 1 is 1.73 bits per heavy atom. The van der Waals surface area contributed by atoms with Gasteiger partial charge in [-0.15, -0.1) is 0 Å². The van der Waals surface area contributed by atoms with Gasteiger partial charge in [0.1, 0.15) is 5.84 Å². The van der Waals surface area contributed by atoms with Gasteiger partial charge in [-0.3, -0.25) is 0 Å². The molecule has 0 atom stereocenters. The molecule has 66 valence electrons. The van der Waals surface area contributed by atoms with Gasteiger partial charge in [-0.25, -0.2) is 13.1 Å². The molecule has 0 aromatic heterocycles. The average Bonchev–Trinajstić information content (AvgIpc) is 1.85.